The van der Waals surface area contributed by atoms with Crippen LogP contribution in [0.3, 0.4) is 0 Å². The quantitative estimate of drug-likeness (QED) is 0.720. The van der Waals surface area contributed by atoms with Crippen molar-refractivity contribution >= 4 is 5.97 Å². The summed E-state index contributed by atoms with van der Waals surface area (Å²) in [6.45, 7) is 6.76. The van der Waals surface area contributed by atoms with Gasteiger partial charge in [-0.05, 0) is 13.8 Å². The Balaban J connectivity index is 2.22. The number of carbonyl (C=O) groups excluding carboxylic acids is 1. The highest BCUT2D eigenvalue weighted by atomic mass is 16.5. The second-order valence-electron chi connectivity index (χ2n) is 3.52. The van der Waals surface area contributed by atoms with Crippen molar-refractivity contribution in [3.63, 3.8) is 0 Å². The fourth-order valence-electron chi connectivity index (χ4n) is 1.18. The minimum absolute atomic E-state index is 0.177. The summed E-state index contributed by atoms with van der Waals surface area (Å²) >= 11 is 0. The van der Waals surface area contributed by atoms with E-state index in [4.69, 9.17) is 9.26 Å². The zero-order chi connectivity index (χ0) is 12.0. The van der Waals surface area contributed by atoms with Crippen LogP contribution < -0.4 is 5.32 Å². The fraction of sp³-hybridized carbons (Fsp3) is 0.700. The first-order chi connectivity index (χ1) is 7.63. The van der Waals surface area contributed by atoms with Gasteiger partial charge < -0.3 is 14.6 Å². The normalized spacial score (nSPS) is 12.4. The summed E-state index contributed by atoms with van der Waals surface area (Å²) in [6, 6.07) is 0. The largest absolute Gasteiger partial charge is 0.466 e. The highest BCUT2D eigenvalue weighted by molar-refractivity contribution is 5.72. The van der Waals surface area contributed by atoms with Crippen molar-refractivity contribution in [2.75, 3.05) is 13.2 Å². The summed E-state index contributed by atoms with van der Waals surface area (Å²) in [7, 11) is 0. The van der Waals surface area contributed by atoms with Crippen LogP contribution in [-0.2, 0) is 16.1 Å². The number of aromatic nitrogens is 2. The second kappa shape index (κ2) is 6.22. The monoisotopic (exact) mass is 227 g/mol. The Morgan fingerprint density at radius 3 is 2.94 bits per heavy atom. The third-order valence-electron chi connectivity index (χ3n) is 1.99. The molecule has 0 bridgehead atoms. The number of rotatable bonds is 6. The number of aryl methyl sites for hydroxylation is 1. The summed E-state index contributed by atoms with van der Waals surface area (Å²) in [5.41, 5.74) is 0. The first-order valence-corrected chi connectivity index (χ1v) is 5.30. The van der Waals surface area contributed by atoms with Crippen LogP contribution in [0.2, 0.25) is 0 Å². The Hall–Kier alpha value is -1.43. The molecule has 1 aromatic heterocycles. The molecule has 0 aliphatic carbocycles. The third kappa shape index (κ3) is 3.98. The van der Waals surface area contributed by atoms with E-state index in [9.17, 15) is 4.79 Å². The molecule has 0 radical (unpaired) electrons. The molecule has 0 amide bonds. The molecule has 1 rings (SSSR count). The highest BCUT2D eigenvalue weighted by Gasteiger charge is 2.13. The van der Waals surface area contributed by atoms with Crippen LogP contribution in [-0.4, -0.2) is 29.3 Å². The Bertz CT molecular complexity index is 338. The minimum atomic E-state index is -0.197. The fourth-order valence-corrected chi connectivity index (χ4v) is 1.18. The number of nitrogens with one attached hydrogen (secondary N) is 1. The van der Waals surface area contributed by atoms with Crippen LogP contribution in [0.5, 0.6) is 0 Å². The van der Waals surface area contributed by atoms with Gasteiger partial charge in [-0.2, -0.15) is 4.98 Å². The molecule has 1 N–H and O–H groups in total. The van der Waals surface area contributed by atoms with E-state index in [2.05, 4.69) is 15.5 Å². The van der Waals surface area contributed by atoms with E-state index in [1.807, 2.05) is 6.92 Å². The topological polar surface area (TPSA) is 77.2 Å². The number of nitrogens with zero attached hydrogens (tertiary/aromatic N) is 2. The van der Waals surface area contributed by atoms with Gasteiger partial charge in [-0.1, -0.05) is 12.1 Å². The molecule has 1 unspecified atom stereocenters. The van der Waals surface area contributed by atoms with Crippen LogP contribution in [0.1, 0.15) is 25.6 Å². The van der Waals surface area contributed by atoms with Crippen LogP contribution in [0.25, 0.3) is 0 Å². The molecular weight excluding hydrogens is 210 g/mol. The number of hydrogen-bond donors (Lipinski definition) is 1. The maximum atomic E-state index is 11.3. The van der Waals surface area contributed by atoms with Gasteiger partial charge in [-0.25, -0.2) is 0 Å². The van der Waals surface area contributed by atoms with E-state index < -0.39 is 0 Å². The van der Waals surface area contributed by atoms with Gasteiger partial charge in [-0.3, -0.25) is 4.79 Å². The smallest absolute Gasteiger partial charge is 0.309 e. The van der Waals surface area contributed by atoms with E-state index in [1.54, 1.807) is 13.8 Å². The highest BCUT2D eigenvalue weighted by Crippen LogP contribution is 1.99. The zero-order valence-electron chi connectivity index (χ0n) is 9.82. The van der Waals surface area contributed by atoms with Gasteiger partial charge in [0.05, 0.1) is 19.1 Å². The molecular formula is C10H17N3O3. The second-order valence-corrected chi connectivity index (χ2v) is 3.52. The van der Waals surface area contributed by atoms with Crippen LogP contribution in [0.4, 0.5) is 0 Å². The van der Waals surface area contributed by atoms with Crippen molar-refractivity contribution in [1.29, 1.82) is 0 Å². The van der Waals surface area contributed by atoms with Crippen LogP contribution >= 0.6 is 0 Å². The van der Waals surface area contributed by atoms with E-state index in [0.29, 0.717) is 31.4 Å². The minimum Gasteiger partial charge on any atom is -0.466 e. The number of carbonyl (C=O) groups is 1. The van der Waals surface area contributed by atoms with Crippen molar-refractivity contribution in [2.24, 2.45) is 5.92 Å². The lowest BCUT2D eigenvalue weighted by Crippen LogP contribution is -2.27. The predicted molar refractivity (Wildman–Crippen MR) is 56.5 cm³/mol. The van der Waals surface area contributed by atoms with E-state index >= 15 is 0 Å². The standard InChI is InChI=1S/C10H17N3O3/c1-4-15-10(14)7(2)5-11-6-9-12-8(3)13-16-9/h7,11H,4-6H2,1-3H3. The molecule has 6 nitrogen and oxygen atoms in total. The Morgan fingerprint density at radius 1 is 1.62 bits per heavy atom. The molecule has 0 fully saturated rings. The zero-order valence-corrected chi connectivity index (χ0v) is 9.82. The maximum Gasteiger partial charge on any atom is 0.309 e. The molecule has 0 spiro atoms. The lowest BCUT2D eigenvalue weighted by atomic mass is 10.2. The molecule has 0 aromatic carbocycles. The number of hydrogen-bond acceptors (Lipinski definition) is 6. The van der Waals surface area contributed by atoms with Crippen molar-refractivity contribution in [3.8, 4) is 0 Å². The van der Waals surface area contributed by atoms with E-state index in [1.165, 1.54) is 0 Å². The van der Waals surface area contributed by atoms with Crippen molar-refractivity contribution in [1.82, 2.24) is 15.5 Å². The first-order valence-electron chi connectivity index (χ1n) is 5.30. The number of ether oxygens (including phenoxy) is 1. The lowest BCUT2D eigenvalue weighted by molar-refractivity contribution is -0.147. The summed E-state index contributed by atoms with van der Waals surface area (Å²) in [4.78, 5) is 15.3. The Labute approximate surface area is 94.4 Å². The lowest BCUT2D eigenvalue weighted by Gasteiger charge is -2.10. The summed E-state index contributed by atoms with van der Waals surface area (Å²) in [6.07, 6.45) is 0. The van der Waals surface area contributed by atoms with Crippen molar-refractivity contribution in [2.45, 2.75) is 27.3 Å². The van der Waals surface area contributed by atoms with Gasteiger partial charge >= 0.3 is 5.97 Å². The molecule has 1 atom stereocenters. The molecule has 90 valence electrons. The molecule has 6 heteroatoms. The molecule has 0 aliphatic rings. The summed E-state index contributed by atoms with van der Waals surface area (Å²) < 4.78 is 9.79. The molecule has 16 heavy (non-hydrogen) atoms. The Kier molecular flexibility index (Phi) is 4.91. The average molecular weight is 227 g/mol. The van der Waals surface area contributed by atoms with Crippen LogP contribution in [0.15, 0.2) is 4.52 Å². The Morgan fingerprint density at radius 2 is 2.38 bits per heavy atom. The van der Waals surface area contributed by atoms with Gasteiger partial charge in [0, 0.05) is 6.54 Å². The molecule has 0 saturated heterocycles. The first kappa shape index (κ1) is 12.6. The average Bonchev–Trinajstić information content (AvgIpc) is 2.64. The van der Waals surface area contributed by atoms with Gasteiger partial charge in [0.15, 0.2) is 5.82 Å². The van der Waals surface area contributed by atoms with E-state index in [0.717, 1.165) is 0 Å². The van der Waals surface area contributed by atoms with Crippen molar-refractivity contribution in [3.05, 3.63) is 11.7 Å². The molecule has 0 saturated carbocycles. The van der Waals surface area contributed by atoms with Gasteiger partial charge in [0.1, 0.15) is 0 Å². The number of esters is 1. The summed E-state index contributed by atoms with van der Waals surface area (Å²) in [5, 5.41) is 6.72. The predicted octanol–water partition coefficient (Wildman–Crippen LogP) is 0.667. The molecule has 1 heterocycles. The third-order valence-corrected chi connectivity index (χ3v) is 1.99. The van der Waals surface area contributed by atoms with Crippen molar-refractivity contribution < 1.29 is 14.1 Å². The maximum absolute atomic E-state index is 11.3. The van der Waals surface area contributed by atoms with E-state index in [-0.39, 0.29) is 11.9 Å². The SMILES string of the molecule is CCOC(=O)C(C)CNCc1nc(C)no1. The molecule has 1 aromatic rings. The summed E-state index contributed by atoms with van der Waals surface area (Å²) in [5.74, 6) is 0.754. The van der Waals surface area contributed by atoms with Gasteiger partial charge in [-0.15, -0.1) is 0 Å². The molecule has 0 aliphatic heterocycles. The van der Waals surface area contributed by atoms with Crippen LogP contribution in [0, 0.1) is 12.8 Å². The van der Waals surface area contributed by atoms with Gasteiger partial charge in [0.25, 0.3) is 0 Å². The van der Waals surface area contributed by atoms with Gasteiger partial charge in [0.2, 0.25) is 5.89 Å².